The number of halogens is 1. The molecule has 1 atom stereocenters. The number of nitrogens with zero attached hydrogens (tertiary/aromatic N) is 2. The second kappa shape index (κ2) is 7.55. The molecule has 0 saturated heterocycles. The lowest BCUT2D eigenvalue weighted by Gasteiger charge is -2.10. The van der Waals surface area contributed by atoms with Gasteiger partial charge in [0.2, 0.25) is 11.0 Å². The van der Waals surface area contributed by atoms with E-state index in [-0.39, 0.29) is 17.6 Å². The van der Waals surface area contributed by atoms with E-state index in [1.54, 1.807) is 19.1 Å². The summed E-state index contributed by atoms with van der Waals surface area (Å²) in [6.45, 7) is 5.77. The van der Waals surface area contributed by atoms with Crippen LogP contribution in [0.25, 0.3) is 0 Å². The lowest BCUT2D eigenvalue weighted by molar-refractivity contribution is -0.115. The van der Waals surface area contributed by atoms with E-state index in [0.29, 0.717) is 4.34 Å². The molecule has 0 bridgehead atoms. The molecule has 1 aromatic carbocycles. The number of benzene rings is 1. The summed E-state index contributed by atoms with van der Waals surface area (Å²) < 4.78 is 14.2. The van der Waals surface area contributed by atoms with Gasteiger partial charge in [-0.25, -0.2) is 4.39 Å². The molecule has 5 nitrogen and oxygen atoms in total. The van der Waals surface area contributed by atoms with Crippen LogP contribution in [0.15, 0.2) is 28.6 Å². The summed E-state index contributed by atoms with van der Waals surface area (Å²) in [6.07, 6.45) is 0. The number of hydrogen-bond donors (Lipinski definition) is 2. The Morgan fingerprint density at radius 1 is 1.27 bits per heavy atom. The molecule has 2 N–H and O–H groups in total. The Hall–Kier alpha value is -1.67. The lowest BCUT2D eigenvalue weighted by atomic mass is 10.3. The number of thioether (sulfide) groups is 1. The molecule has 2 rings (SSSR count). The van der Waals surface area contributed by atoms with Crippen molar-refractivity contribution in [1.82, 2.24) is 10.2 Å². The van der Waals surface area contributed by atoms with E-state index in [1.165, 1.54) is 35.2 Å². The highest BCUT2D eigenvalue weighted by atomic mass is 32.2. The maximum Gasteiger partial charge on any atom is 0.237 e. The smallest absolute Gasteiger partial charge is 0.237 e. The van der Waals surface area contributed by atoms with Gasteiger partial charge >= 0.3 is 0 Å². The molecule has 0 fully saturated rings. The Kier molecular flexibility index (Phi) is 5.73. The number of hydrogen-bond acceptors (Lipinski definition) is 6. The molecule has 118 valence electrons. The van der Waals surface area contributed by atoms with Gasteiger partial charge in [-0.05, 0) is 32.9 Å². The number of carbonyl (C=O) groups is 1. The van der Waals surface area contributed by atoms with Gasteiger partial charge in [0.05, 0.1) is 10.9 Å². The van der Waals surface area contributed by atoms with Crippen LogP contribution in [0, 0.1) is 5.82 Å². The summed E-state index contributed by atoms with van der Waals surface area (Å²) in [7, 11) is 0. The Bertz CT molecular complexity index is 647. The number of anilines is 2. The van der Waals surface area contributed by atoms with Crippen LogP contribution in [0.2, 0.25) is 0 Å². The molecule has 0 aliphatic heterocycles. The average Bonchev–Trinajstić information content (AvgIpc) is 2.87. The van der Waals surface area contributed by atoms with Crippen molar-refractivity contribution in [1.29, 1.82) is 0 Å². The normalized spacial score (nSPS) is 12.2. The first-order valence-corrected chi connectivity index (χ1v) is 8.47. The molecule has 0 spiro atoms. The summed E-state index contributed by atoms with van der Waals surface area (Å²) in [6, 6.07) is 6.36. The monoisotopic (exact) mass is 340 g/mol. The molecule has 0 aliphatic carbocycles. The van der Waals surface area contributed by atoms with Crippen molar-refractivity contribution < 1.29 is 9.18 Å². The Labute approximate surface area is 136 Å². The summed E-state index contributed by atoms with van der Waals surface area (Å²) in [4.78, 5) is 12.1. The van der Waals surface area contributed by atoms with E-state index in [9.17, 15) is 9.18 Å². The highest BCUT2D eigenvalue weighted by Crippen LogP contribution is 2.29. The van der Waals surface area contributed by atoms with Gasteiger partial charge in [0.25, 0.3) is 0 Å². The van der Waals surface area contributed by atoms with E-state index in [0.717, 1.165) is 5.13 Å². The highest BCUT2D eigenvalue weighted by Gasteiger charge is 2.18. The number of nitrogens with one attached hydrogen (secondary N) is 2. The van der Waals surface area contributed by atoms with Gasteiger partial charge in [-0.2, -0.15) is 0 Å². The van der Waals surface area contributed by atoms with Crippen LogP contribution in [0.3, 0.4) is 0 Å². The van der Waals surface area contributed by atoms with E-state index in [2.05, 4.69) is 20.8 Å². The van der Waals surface area contributed by atoms with E-state index < -0.39 is 11.1 Å². The quantitative estimate of drug-likeness (QED) is 0.786. The Morgan fingerprint density at radius 2 is 2.00 bits per heavy atom. The third-order valence-corrected chi connectivity index (χ3v) is 4.64. The van der Waals surface area contributed by atoms with Crippen molar-refractivity contribution >= 4 is 39.8 Å². The summed E-state index contributed by atoms with van der Waals surface area (Å²) in [5.41, 5.74) is 0.180. The molecule has 22 heavy (non-hydrogen) atoms. The minimum absolute atomic E-state index is 0.180. The molecule has 1 amide bonds. The molecule has 0 aliphatic rings. The zero-order valence-electron chi connectivity index (χ0n) is 12.5. The molecule has 8 heteroatoms. The van der Waals surface area contributed by atoms with Crippen molar-refractivity contribution in [2.24, 2.45) is 0 Å². The molecule has 1 aromatic heterocycles. The van der Waals surface area contributed by atoms with Crippen molar-refractivity contribution in [3.63, 3.8) is 0 Å². The van der Waals surface area contributed by atoms with E-state index >= 15 is 0 Å². The third-order valence-electron chi connectivity index (χ3n) is 2.60. The van der Waals surface area contributed by atoms with Gasteiger partial charge < -0.3 is 10.6 Å². The minimum Gasteiger partial charge on any atom is -0.358 e. The standard InChI is InChI=1S/C14H17FN4OS2/c1-8(2)16-13-18-19-14(22-13)21-9(3)12(20)17-11-7-5-4-6-10(11)15/h4-9H,1-3H3,(H,16,18)(H,17,20)/t9-/m0/s1. The minimum atomic E-state index is -0.451. The van der Waals surface area contributed by atoms with Crippen LogP contribution < -0.4 is 10.6 Å². The first-order valence-electron chi connectivity index (χ1n) is 6.78. The van der Waals surface area contributed by atoms with Crippen LogP contribution >= 0.6 is 23.1 Å². The predicted octanol–water partition coefficient (Wildman–Crippen LogP) is 3.62. The zero-order valence-corrected chi connectivity index (χ0v) is 14.1. The van der Waals surface area contributed by atoms with E-state index in [1.807, 2.05) is 13.8 Å². The molecule has 0 saturated carbocycles. The fraction of sp³-hybridized carbons (Fsp3) is 0.357. The predicted molar refractivity (Wildman–Crippen MR) is 89.0 cm³/mol. The van der Waals surface area contributed by atoms with Crippen LogP contribution in [-0.2, 0) is 4.79 Å². The number of carbonyl (C=O) groups excluding carboxylic acids is 1. The van der Waals surface area contributed by atoms with Crippen LogP contribution in [0.5, 0.6) is 0 Å². The molecule has 0 radical (unpaired) electrons. The van der Waals surface area contributed by atoms with Crippen molar-refractivity contribution in [2.45, 2.75) is 36.4 Å². The SMILES string of the molecule is CC(C)Nc1nnc(S[C@@H](C)C(=O)Nc2ccccc2F)s1. The lowest BCUT2D eigenvalue weighted by Crippen LogP contribution is -2.22. The summed E-state index contributed by atoms with van der Waals surface area (Å²) in [5.74, 6) is -0.726. The third kappa shape index (κ3) is 4.67. The fourth-order valence-corrected chi connectivity index (χ4v) is 3.61. The number of amides is 1. The molecule has 1 heterocycles. The average molecular weight is 340 g/mol. The van der Waals surface area contributed by atoms with E-state index in [4.69, 9.17) is 0 Å². The number of aromatic nitrogens is 2. The Morgan fingerprint density at radius 3 is 2.68 bits per heavy atom. The topological polar surface area (TPSA) is 66.9 Å². The van der Waals surface area contributed by atoms with Crippen LogP contribution in [0.1, 0.15) is 20.8 Å². The van der Waals surface area contributed by atoms with Gasteiger partial charge in [-0.15, -0.1) is 10.2 Å². The van der Waals surface area contributed by atoms with Gasteiger partial charge in [-0.3, -0.25) is 4.79 Å². The van der Waals surface area contributed by atoms with Gasteiger partial charge in [0.15, 0.2) is 4.34 Å². The summed E-state index contributed by atoms with van der Waals surface area (Å²) >= 11 is 2.69. The zero-order chi connectivity index (χ0) is 16.1. The van der Waals surface area contributed by atoms with Crippen molar-refractivity contribution in [3.8, 4) is 0 Å². The molecular weight excluding hydrogens is 323 g/mol. The first kappa shape index (κ1) is 16.7. The van der Waals surface area contributed by atoms with Gasteiger partial charge in [0.1, 0.15) is 5.82 Å². The molecule has 2 aromatic rings. The van der Waals surface area contributed by atoms with Gasteiger partial charge in [0, 0.05) is 6.04 Å². The molecule has 0 unspecified atom stereocenters. The maximum absolute atomic E-state index is 13.5. The number of para-hydroxylation sites is 1. The molecular formula is C14H17FN4OS2. The first-order chi connectivity index (χ1) is 10.5. The van der Waals surface area contributed by atoms with Crippen LogP contribution in [0.4, 0.5) is 15.2 Å². The van der Waals surface area contributed by atoms with Gasteiger partial charge in [-0.1, -0.05) is 35.2 Å². The van der Waals surface area contributed by atoms with Crippen LogP contribution in [-0.4, -0.2) is 27.4 Å². The maximum atomic E-state index is 13.5. The number of rotatable bonds is 6. The van der Waals surface area contributed by atoms with Crippen molar-refractivity contribution in [2.75, 3.05) is 10.6 Å². The highest BCUT2D eigenvalue weighted by molar-refractivity contribution is 8.02. The fourth-order valence-electron chi connectivity index (χ4n) is 1.56. The summed E-state index contributed by atoms with van der Waals surface area (Å²) in [5, 5.41) is 14.1. The Balaban J connectivity index is 1.94. The second-order valence-electron chi connectivity index (χ2n) is 4.90. The largest absolute Gasteiger partial charge is 0.358 e. The second-order valence-corrected chi connectivity index (χ2v) is 7.47. The van der Waals surface area contributed by atoms with Crippen molar-refractivity contribution in [3.05, 3.63) is 30.1 Å².